The second-order valence-corrected chi connectivity index (χ2v) is 2.89. The molecule has 2 aromatic rings. The van der Waals surface area contributed by atoms with Crippen molar-refractivity contribution >= 4 is 11.0 Å². The standard InChI is InChI=1S/C10H9N3O/c1-14-8-3-2-7(4-5-11)9-10(8)13-6-12-9/h2-3,6H,4H2,1H3,(H,12,13). The summed E-state index contributed by atoms with van der Waals surface area (Å²) in [6, 6.07) is 5.82. The molecule has 0 radical (unpaired) electrons. The molecule has 4 heteroatoms. The molecule has 0 amide bonds. The van der Waals surface area contributed by atoms with E-state index in [1.165, 1.54) is 0 Å². The highest BCUT2D eigenvalue weighted by atomic mass is 16.5. The average molecular weight is 187 g/mol. The number of hydrogen-bond donors (Lipinski definition) is 1. The van der Waals surface area contributed by atoms with E-state index in [0.29, 0.717) is 6.42 Å². The number of imidazole rings is 1. The molecule has 0 bridgehead atoms. The molecule has 4 nitrogen and oxygen atoms in total. The van der Waals surface area contributed by atoms with Crippen LogP contribution in [0.3, 0.4) is 0 Å². The van der Waals surface area contributed by atoms with Crippen LogP contribution in [0.25, 0.3) is 11.0 Å². The highest BCUT2D eigenvalue weighted by Gasteiger charge is 2.07. The quantitative estimate of drug-likeness (QED) is 0.777. The summed E-state index contributed by atoms with van der Waals surface area (Å²) in [6.45, 7) is 0. The van der Waals surface area contributed by atoms with Crippen molar-refractivity contribution in [1.29, 1.82) is 5.26 Å². The predicted molar refractivity (Wildman–Crippen MR) is 52.0 cm³/mol. The summed E-state index contributed by atoms with van der Waals surface area (Å²) < 4.78 is 5.16. The molecule has 0 atom stereocenters. The minimum Gasteiger partial charge on any atom is -0.494 e. The molecule has 1 N–H and O–H groups in total. The van der Waals surface area contributed by atoms with Crippen molar-refractivity contribution in [3.05, 3.63) is 24.0 Å². The SMILES string of the molecule is COc1ccc(CC#N)c2nc[nH]c12. The molecule has 0 fully saturated rings. The maximum absolute atomic E-state index is 8.62. The Bertz CT molecular complexity index is 496. The third-order valence-electron chi connectivity index (χ3n) is 2.12. The number of aromatic amines is 1. The average Bonchev–Trinajstić information content (AvgIpc) is 2.67. The summed E-state index contributed by atoms with van der Waals surface area (Å²) in [5.74, 6) is 0.749. The van der Waals surface area contributed by atoms with E-state index in [-0.39, 0.29) is 0 Å². The van der Waals surface area contributed by atoms with E-state index in [1.54, 1.807) is 13.4 Å². The molecule has 1 heterocycles. The maximum atomic E-state index is 8.62. The molecule has 2 rings (SSSR count). The van der Waals surface area contributed by atoms with Crippen LogP contribution in [-0.2, 0) is 6.42 Å². The van der Waals surface area contributed by atoms with E-state index < -0.39 is 0 Å². The minimum atomic E-state index is 0.366. The molecule has 0 aliphatic heterocycles. The summed E-state index contributed by atoms with van der Waals surface area (Å²) in [5, 5.41) is 8.62. The lowest BCUT2D eigenvalue weighted by atomic mass is 10.1. The molecule has 70 valence electrons. The zero-order valence-corrected chi connectivity index (χ0v) is 7.74. The van der Waals surface area contributed by atoms with Gasteiger partial charge in [0.2, 0.25) is 0 Å². The number of nitrogens with one attached hydrogen (secondary N) is 1. The maximum Gasteiger partial charge on any atom is 0.144 e. The molecule has 0 saturated heterocycles. The van der Waals surface area contributed by atoms with Gasteiger partial charge in [0.05, 0.1) is 31.4 Å². The monoisotopic (exact) mass is 187 g/mol. The van der Waals surface area contributed by atoms with Crippen molar-refractivity contribution in [2.45, 2.75) is 6.42 Å². The molecule has 1 aromatic carbocycles. The van der Waals surface area contributed by atoms with Crippen LogP contribution in [0.5, 0.6) is 5.75 Å². The van der Waals surface area contributed by atoms with E-state index in [0.717, 1.165) is 22.3 Å². The highest BCUT2D eigenvalue weighted by Crippen LogP contribution is 2.25. The van der Waals surface area contributed by atoms with Gasteiger partial charge in [-0.3, -0.25) is 0 Å². The van der Waals surface area contributed by atoms with Crippen LogP contribution >= 0.6 is 0 Å². The number of hydrogen-bond acceptors (Lipinski definition) is 3. The van der Waals surface area contributed by atoms with Gasteiger partial charge in [-0.05, 0) is 11.6 Å². The van der Waals surface area contributed by atoms with E-state index in [4.69, 9.17) is 10.00 Å². The van der Waals surface area contributed by atoms with Crippen LogP contribution in [0, 0.1) is 11.3 Å². The second kappa shape index (κ2) is 3.38. The van der Waals surface area contributed by atoms with Crippen molar-refractivity contribution in [2.24, 2.45) is 0 Å². The summed E-state index contributed by atoms with van der Waals surface area (Å²) in [5.41, 5.74) is 2.58. The fourth-order valence-electron chi connectivity index (χ4n) is 1.46. The third-order valence-corrected chi connectivity index (χ3v) is 2.12. The fourth-order valence-corrected chi connectivity index (χ4v) is 1.46. The molecule has 0 aliphatic rings. The number of H-pyrrole nitrogens is 1. The summed E-state index contributed by atoms with van der Waals surface area (Å²) >= 11 is 0. The normalized spacial score (nSPS) is 10.0. The lowest BCUT2D eigenvalue weighted by Crippen LogP contribution is -1.89. The number of nitriles is 1. The van der Waals surface area contributed by atoms with Crippen LogP contribution in [0.15, 0.2) is 18.5 Å². The molecule has 0 aliphatic carbocycles. The Morgan fingerprint density at radius 3 is 3.14 bits per heavy atom. The number of benzene rings is 1. The zero-order chi connectivity index (χ0) is 9.97. The Balaban J connectivity index is 2.67. The number of ether oxygens (including phenoxy) is 1. The Morgan fingerprint density at radius 2 is 2.43 bits per heavy atom. The predicted octanol–water partition coefficient (Wildman–Crippen LogP) is 1.64. The van der Waals surface area contributed by atoms with Crippen LogP contribution in [0.1, 0.15) is 5.56 Å². The van der Waals surface area contributed by atoms with E-state index in [9.17, 15) is 0 Å². The van der Waals surface area contributed by atoms with E-state index in [1.807, 2.05) is 12.1 Å². The number of methoxy groups -OCH3 is 1. The van der Waals surface area contributed by atoms with Gasteiger partial charge in [0.15, 0.2) is 0 Å². The van der Waals surface area contributed by atoms with Gasteiger partial charge in [-0.15, -0.1) is 0 Å². The first-order valence-corrected chi connectivity index (χ1v) is 4.22. The molecular formula is C10H9N3O. The largest absolute Gasteiger partial charge is 0.494 e. The van der Waals surface area contributed by atoms with E-state index in [2.05, 4.69) is 16.0 Å². The third kappa shape index (κ3) is 1.19. The topological polar surface area (TPSA) is 61.7 Å². The summed E-state index contributed by atoms with van der Waals surface area (Å²) in [4.78, 5) is 7.15. The fraction of sp³-hybridized carbons (Fsp3) is 0.200. The first-order valence-electron chi connectivity index (χ1n) is 4.22. The van der Waals surface area contributed by atoms with Crippen LogP contribution in [-0.4, -0.2) is 17.1 Å². The number of rotatable bonds is 2. The Morgan fingerprint density at radius 1 is 1.57 bits per heavy atom. The van der Waals surface area contributed by atoms with Crippen LogP contribution < -0.4 is 4.74 Å². The van der Waals surface area contributed by atoms with Gasteiger partial charge in [0.25, 0.3) is 0 Å². The molecular weight excluding hydrogens is 178 g/mol. The van der Waals surface area contributed by atoms with Gasteiger partial charge in [0, 0.05) is 0 Å². The Kier molecular flexibility index (Phi) is 2.07. The number of nitrogens with zero attached hydrogens (tertiary/aromatic N) is 2. The van der Waals surface area contributed by atoms with Crippen LogP contribution in [0.2, 0.25) is 0 Å². The smallest absolute Gasteiger partial charge is 0.144 e. The van der Waals surface area contributed by atoms with Crippen molar-refractivity contribution in [3.8, 4) is 11.8 Å². The second-order valence-electron chi connectivity index (χ2n) is 2.89. The Labute approximate surface area is 81.1 Å². The minimum absolute atomic E-state index is 0.366. The molecule has 0 saturated carbocycles. The van der Waals surface area contributed by atoms with Gasteiger partial charge in [-0.25, -0.2) is 4.98 Å². The van der Waals surface area contributed by atoms with Crippen molar-refractivity contribution in [2.75, 3.05) is 7.11 Å². The van der Waals surface area contributed by atoms with Gasteiger partial charge >= 0.3 is 0 Å². The summed E-state index contributed by atoms with van der Waals surface area (Å²) in [6.07, 6.45) is 1.97. The first kappa shape index (κ1) is 8.57. The Hall–Kier alpha value is -2.02. The lowest BCUT2D eigenvalue weighted by molar-refractivity contribution is 0.419. The molecule has 0 spiro atoms. The molecule has 0 unspecified atom stereocenters. The molecule has 1 aromatic heterocycles. The summed E-state index contributed by atoms with van der Waals surface area (Å²) in [7, 11) is 1.61. The van der Waals surface area contributed by atoms with E-state index >= 15 is 0 Å². The van der Waals surface area contributed by atoms with Crippen molar-refractivity contribution in [1.82, 2.24) is 9.97 Å². The lowest BCUT2D eigenvalue weighted by Gasteiger charge is -2.02. The van der Waals surface area contributed by atoms with Gasteiger partial charge in [-0.2, -0.15) is 5.26 Å². The molecule has 14 heavy (non-hydrogen) atoms. The first-order chi connectivity index (χ1) is 6.86. The van der Waals surface area contributed by atoms with Crippen molar-refractivity contribution in [3.63, 3.8) is 0 Å². The number of fused-ring (bicyclic) bond motifs is 1. The van der Waals surface area contributed by atoms with Gasteiger partial charge < -0.3 is 9.72 Å². The van der Waals surface area contributed by atoms with Gasteiger partial charge in [-0.1, -0.05) is 6.07 Å². The highest BCUT2D eigenvalue weighted by molar-refractivity contribution is 5.84. The van der Waals surface area contributed by atoms with Crippen molar-refractivity contribution < 1.29 is 4.74 Å². The van der Waals surface area contributed by atoms with Gasteiger partial charge in [0.1, 0.15) is 11.3 Å². The zero-order valence-electron chi connectivity index (χ0n) is 7.74. The number of aromatic nitrogens is 2. The van der Waals surface area contributed by atoms with Crippen LogP contribution in [0.4, 0.5) is 0 Å².